The third kappa shape index (κ3) is 3.15. The van der Waals surface area contributed by atoms with Crippen LogP contribution >= 0.6 is 0 Å². The van der Waals surface area contributed by atoms with Gasteiger partial charge in [-0.05, 0) is 30.4 Å². The van der Waals surface area contributed by atoms with Crippen molar-refractivity contribution in [2.45, 2.75) is 38.8 Å². The Balaban J connectivity index is 2.01. The summed E-state index contributed by atoms with van der Waals surface area (Å²) in [4.78, 5) is 3.60. The van der Waals surface area contributed by atoms with Crippen LogP contribution in [0.25, 0.3) is 0 Å². The smallest absolute Gasteiger partial charge is 0.370 e. The van der Waals surface area contributed by atoms with Gasteiger partial charge in [0.2, 0.25) is 0 Å². The van der Waals surface area contributed by atoms with E-state index < -0.39 is 11.9 Å². The summed E-state index contributed by atoms with van der Waals surface area (Å²) in [6, 6.07) is 3.95. The Hall–Kier alpha value is -1.26. The average molecular weight is 258 g/mol. The van der Waals surface area contributed by atoms with Gasteiger partial charge in [-0.15, -0.1) is 0 Å². The van der Waals surface area contributed by atoms with E-state index in [2.05, 4.69) is 17.2 Å². The largest absolute Gasteiger partial charge is 0.433 e. The predicted molar refractivity (Wildman–Crippen MR) is 64.3 cm³/mol. The van der Waals surface area contributed by atoms with Gasteiger partial charge in [-0.2, -0.15) is 13.2 Å². The van der Waals surface area contributed by atoms with Crippen LogP contribution in [0.1, 0.15) is 38.3 Å². The van der Waals surface area contributed by atoms with Gasteiger partial charge in [-0.1, -0.05) is 25.8 Å². The monoisotopic (exact) mass is 258 g/mol. The highest BCUT2D eigenvalue weighted by molar-refractivity contribution is 5.36. The van der Waals surface area contributed by atoms with Crippen LogP contribution in [-0.2, 0) is 6.18 Å². The minimum Gasteiger partial charge on any atom is -0.370 e. The van der Waals surface area contributed by atoms with Gasteiger partial charge in [0.1, 0.15) is 11.5 Å². The lowest BCUT2D eigenvalue weighted by molar-refractivity contribution is -0.141. The number of anilines is 1. The molecule has 0 radical (unpaired) electrons. The minimum absolute atomic E-state index is 0.190. The van der Waals surface area contributed by atoms with Gasteiger partial charge in [0.15, 0.2) is 0 Å². The average Bonchev–Trinajstić information content (AvgIpc) is 2.74. The molecule has 0 spiro atoms. The number of nitrogens with zero attached hydrogens (tertiary/aromatic N) is 1. The summed E-state index contributed by atoms with van der Waals surface area (Å²) in [6.45, 7) is 2.85. The number of halogens is 3. The van der Waals surface area contributed by atoms with Crippen molar-refractivity contribution in [3.63, 3.8) is 0 Å². The Kier molecular flexibility index (Phi) is 3.50. The summed E-state index contributed by atoms with van der Waals surface area (Å²) in [6.07, 6.45) is 0.273. The number of hydrogen-bond acceptors (Lipinski definition) is 2. The molecule has 1 heterocycles. The van der Waals surface area contributed by atoms with Gasteiger partial charge in [0.25, 0.3) is 0 Å². The normalized spacial score (nSPS) is 18.9. The number of nitrogens with one attached hydrogen (secondary N) is 1. The Bertz CT molecular complexity index is 409. The van der Waals surface area contributed by atoms with Crippen LogP contribution < -0.4 is 5.32 Å². The molecule has 0 saturated heterocycles. The number of aromatic nitrogens is 1. The zero-order valence-electron chi connectivity index (χ0n) is 10.3. The van der Waals surface area contributed by atoms with Gasteiger partial charge >= 0.3 is 6.18 Å². The maximum absolute atomic E-state index is 12.5. The molecule has 1 fully saturated rings. The summed E-state index contributed by atoms with van der Waals surface area (Å²) in [7, 11) is 0. The van der Waals surface area contributed by atoms with Gasteiger partial charge in [-0.3, -0.25) is 0 Å². The first-order valence-electron chi connectivity index (χ1n) is 6.17. The molecule has 2 nitrogen and oxygen atoms in total. The van der Waals surface area contributed by atoms with Gasteiger partial charge in [0.05, 0.1) is 0 Å². The summed E-state index contributed by atoms with van der Waals surface area (Å²) in [5.41, 5.74) is -0.653. The second kappa shape index (κ2) is 4.78. The van der Waals surface area contributed by atoms with Crippen LogP contribution in [0.4, 0.5) is 19.0 Å². The van der Waals surface area contributed by atoms with E-state index >= 15 is 0 Å². The molecular formula is C13H17F3N2. The molecule has 0 amide bonds. The van der Waals surface area contributed by atoms with Crippen LogP contribution in [-0.4, -0.2) is 11.5 Å². The highest BCUT2D eigenvalue weighted by Gasteiger charge is 2.33. The molecule has 18 heavy (non-hydrogen) atoms. The molecule has 1 saturated carbocycles. The molecule has 5 heteroatoms. The fourth-order valence-electron chi connectivity index (χ4n) is 2.40. The second-order valence-electron chi connectivity index (χ2n) is 5.28. The number of alkyl halides is 3. The number of hydrogen-bond donors (Lipinski definition) is 1. The van der Waals surface area contributed by atoms with Crippen LogP contribution in [0.5, 0.6) is 0 Å². The van der Waals surface area contributed by atoms with E-state index in [-0.39, 0.29) is 5.41 Å². The maximum atomic E-state index is 12.5. The van der Waals surface area contributed by atoms with Crippen molar-refractivity contribution < 1.29 is 13.2 Å². The standard InChI is InChI=1S/C13H17F3N2/c1-12(7-2-3-8-12)9-17-11-6-4-5-10(18-11)13(14,15)16/h4-6H,2-3,7-9H2,1H3,(H,17,18). The van der Waals surface area contributed by atoms with Crippen molar-refractivity contribution in [2.75, 3.05) is 11.9 Å². The topological polar surface area (TPSA) is 24.9 Å². The summed E-state index contributed by atoms with van der Waals surface area (Å²) >= 11 is 0. The van der Waals surface area contributed by atoms with Crippen molar-refractivity contribution in [1.29, 1.82) is 0 Å². The Labute approximate surface area is 105 Å². The van der Waals surface area contributed by atoms with Crippen molar-refractivity contribution in [1.82, 2.24) is 4.98 Å². The van der Waals surface area contributed by atoms with E-state index in [1.165, 1.54) is 18.9 Å². The zero-order chi connectivity index (χ0) is 13.2. The SMILES string of the molecule is CC1(CNc2cccc(C(F)(F)F)n2)CCCC1. The fourth-order valence-corrected chi connectivity index (χ4v) is 2.40. The lowest BCUT2D eigenvalue weighted by Crippen LogP contribution is -2.23. The molecule has 1 aromatic rings. The molecule has 2 rings (SSSR count). The first-order valence-corrected chi connectivity index (χ1v) is 6.17. The quantitative estimate of drug-likeness (QED) is 0.883. The minimum atomic E-state index is -4.38. The van der Waals surface area contributed by atoms with Crippen molar-refractivity contribution in [2.24, 2.45) is 5.41 Å². The van der Waals surface area contributed by atoms with E-state index in [0.717, 1.165) is 18.9 Å². The van der Waals surface area contributed by atoms with E-state index in [9.17, 15) is 13.2 Å². The molecule has 100 valence electrons. The van der Waals surface area contributed by atoms with E-state index in [0.29, 0.717) is 12.4 Å². The fraction of sp³-hybridized carbons (Fsp3) is 0.615. The van der Waals surface area contributed by atoms with Crippen molar-refractivity contribution in [3.8, 4) is 0 Å². The van der Waals surface area contributed by atoms with Crippen LogP contribution in [0.3, 0.4) is 0 Å². The maximum Gasteiger partial charge on any atom is 0.433 e. The molecule has 1 aliphatic carbocycles. The molecule has 1 aliphatic rings. The molecule has 1 aromatic heterocycles. The van der Waals surface area contributed by atoms with Crippen LogP contribution in [0, 0.1) is 5.41 Å². The van der Waals surface area contributed by atoms with E-state index in [1.807, 2.05) is 0 Å². The summed E-state index contributed by atoms with van der Waals surface area (Å²) in [5, 5.41) is 3.03. The molecule has 0 unspecified atom stereocenters. The molecule has 0 aliphatic heterocycles. The van der Waals surface area contributed by atoms with Gasteiger partial charge < -0.3 is 5.32 Å². The van der Waals surface area contributed by atoms with Crippen LogP contribution in [0.15, 0.2) is 18.2 Å². The third-order valence-electron chi connectivity index (χ3n) is 3.55. The molecular weight excluding hydrogens is 241 g/mol. The third-order valence-corrected chi connectivity index (χ3v) is 3.55. The summed E-state index contributed by atoms with van der Waals surface area (Å²) in [5.74, 6) is 0.304. The highest BCUT2D eigenvalue weighted by atomic mass is 19.4. The van der Waals surface area contributed by atoms with Gasteiger partial charge in [0, 0.05) is 6.54 Å². The Morgan fingerprint density at radius 2 is 1.94 bits per heavy atom. The number of rotatable bonds is 3. The highest BCUT2D eigenvalue weighted by Crippen LogP contribution is 2.37. The van der Waals surface area contributed by atoms with Crippen molar-refractivity contribution in [3.05, 3.63) is 23.9 Å². The van der Waals surface area contributed by atoms with Crippen molar-refractivity contribution >= 4 is 5.82 Å². The Morgan fingerprint density at radius 1 is 1.28 bits per heavy atom. The first-order chi connectivity index (χ1) is 8.39. The zero-order valence-corrected chi connectivity index (χ0v) is 10.3. The molecule has 0 atom stereocenters. The molecule has 0 aromatic carbocycles. The van der Waals surface area contributed by atoms with E-state index in [1.54, 1.807) is 6.07 Å². The number of pyridine rings is 1. The van der Waals surface area contributed by atoms with Gasteiger partial charge in [-0.25, -0.2) is 4.98 Å². The first kappa shape index (κ1) is 13.2. The van der Waals surface area contributed by atoms with E-state index in [4.69, 9.17) is 0 Å². The Morgan fingerprint density at radius 3 is 2.56 bits per heavy atom. The second-order valence-corrected chi connectivity index (χ2v) is 5.28. The lowest BCUT2D eigenvalue weighted by atomic mass is 9.89. The molecule has 1 N–H and O–H groups in total. The lowest BCUT2D eigenvalue weighted by Gasteiger charge is -2.24. The summed E-state index contributed by atoms with van der Waals surface area (Å²) < 4.78 is 37.5. The molecule has 0 bridgehead atoms. The van der Waals surface area contributed by atoms with Crippen LogP contribution in [0.2, 0.25) is 0 Å². The predicted octanol–water partition coefficient (Wildman–Crippen LogP) is 4.09.